The summed E-state index contributed by atoms with van der Waals surface area (Å²) < 4.78 is 0. The van der Waals surface area contributed by atoms with Crippen molar-refractivity contribution >= 4 is 5.78 Å². The number of hydrogen-bond acceptors (Lipinski definition) is 2. The van der Waals surface area contributed by atoms with Gasteiger partial charge in [-0.2, -0.15) is 0 Å². The molecule has 0 atom stereocenters. The Labute approximate surface area is 67.9 Å². The predicted molar refractivity (Wildman–Crippen MR) is 45.4 cm³/mol. The van der Waals surface area contributed by atoms with E-state index >= 15 is 0 Å². The Morgan fingerprint density at radius 3 is 2.45 bits per heavy atom. The van der Waals surface area contributed by atoms with Crippen molar-refractivity contribution in [1.82, 2.24) is 0 Å². The molecule has 0 rings (SSSR count). The molecule has 0 aliphatic heterocycles. The first-order chi connectivity index (χ1) is 4.95. The first-order valence-corrected chi connectivity index (χ1v) is 3.90. The second kappa shape index (κ2) is 4.29. The smallest absolute Gasteiger partial charge is 0.155 e. The number of carbonyl (C=O) groups is 1. The van der Waals surface area contributed by atoms with Crippen molar-refractivity contribution in [2.45, 2.75) is 39.2 Å². The predicted octanol–water partition coefficient (Wildman–Crippen LogP) is 1.68. The van der Waals surface area contributed by atoms with E-state index in [2.05, 4.69) is 0 Å². The molecule has 0 heterocycles. The fraction of sp³-hybridized carbons (Fsp3) is 0.667. The van der Waals surface area contributed by atoms with Gasteiger partial charge in [-0.05, 0) is 26.3 Å². The molecule has 0 amide bonds. The molecule has 0 unspecified atom stereocenters. The van der Waals surface area contributed by atoms with Gasteiger partial charge in [0.15, 0.2) is 5.78 Å². The summed E-state index contributed by atoms with van der Waals surface area (Å²) in [5.41, 5.74) is -0.872. The molecule has 2 nitrogen and oxygen atoms in total. The topological polar surface area (TPSA) is 37.3 Å². The maximum Gasteiger partial charge on any atom is 0.155 e. The molecular formula is C9H16O2. The van der Waals surface area contributed by atoms with Crippen LogP contribution in [0.1, 0.15) is 33.6 Å². The van der Waals surface area contributed by atoms with E-state index in [0.717, 1.165) is 6.42 Å². The molecule has 0 bridgehead atoms. The maximum atomic E-state index is 10.9. The highest BCUT2D eigenvalue weighted by molar-refractivity contribution is 5.89. The highest BCUT2D eigenvalue weighted by Gasteiger charge is 2.06. The molecule has 64 valence electrons. The third-order valence-electron chi connectivity index (χ3n) is 1.17. The molecule has 0 radical (unpaired) electrons. The van der Waals surface area contributed by atoms with Crippen LogP contribution in [0.15, 0.2) is 12.2 Å². The van der Waals surface area contributed by atoms with E-state index in [-0.39, 0.29) is 5.78 Å². The fourth-order valence-electron chi connectivity index (χ4n) is 0.627. The quantitative estimate of drug-likeness (QED) is 0.629. The molecule has 0 saturated carbocycles. The summed E-state index contributed by atoms with van der Waals surface area (Å²) in [4.78, 5) is 10.9. The Morgan fingerprint density at radius 2 is 2.09 bits per heavy atom. The molecule has 0 fully saturated rings. The number of ketones is 1. The van der Waals surface area contributed by atoms with Gasteiger partial charge in [0.1, 0.15) is 0 Å². The van der Waals surface area contributed by atoms with Crippen LogP contribution < -0.4 is 0 Å². The van der Waals surface area contributed by atoms with Crippen molar-refractivity contribution in [3.63, 3.8) is 0 Å². The second-order valence-electron chi connectivity index (χ2n) is 3.20. The lowest BCUT2D eigenvalue weighted by Crippen LogP contribution is -2.14. The highest BCUT2D eigenvalue weighted by atomic mass is 16.3. The van der Waals surface area contributed by atoms with E-state index < -0.39 is 5.60 Å². The van der Waals surface area contributed by atoms with Crippen molar-refractivity contribution in [3.8, 4) is 0 Å². The lowest BCUT2D eigenvalue weighted by Gasteiger charge is -2.09. The lowest BCUT2D eigenvalue weighted by molar-refractivity contribution is -0.114. The van der Waals surface area contributed by atoms with Crippen molar-refractivity contribution in [2.24, 2.45) is 0 Å². The summed E-state index contributed by atoms with van der Waals surface area (Å²) in [5.74, 6) is 0.0784. The van der Waals surface area contributed by atoms with Crippen molar-refractivity contribution < 1.29 is 9.90 Å². The molecule has 0 aromatic heterocycles. The summed E-state index contributed by atoms with van der Waals surface area (Å²) in [6.07, 6.45) is 4.39. The van der Waals surface area contributed by atoms with E-state index in [4.69, 9.17) is 0 Å². The van der Waals surface area contributed by atoms with E-state index in [1.807, 2.05) is 6.92 Å². The molecule has 0 aromatic carbocycles. The van der Waals surface area contributed by atoms with Crippen molar-refractivity contribution in [2.75, 3.05) is 0 Å². The number of aliphatic hydroxyl groups is 1. The Bertz CT molecular complexity index is 151. The SMILES string of the molecule is CCCC(=O)/C=C/C(C)(C)O. The molecule has 11 heavy (non-hydrogen) atoms. The second-order valence-corrected chi connectivity index (χ2v) is 3.20. The average Bonchev–Trinajstić information content (AvgIpc) is 1.83. The number of allylic oxidation sites excluding steroid dienone is 1. The molecule has 0 aliphatic rings. The van der Waals surface area contributed by atoms with Gasteiger partial charge in [-0.3, -0.25) is 4.79 Å². The summed E-state index contributed by atoms with van der Waals surface area (Å²) in [5, 5.41) is 9.20. The van der Waals surface area contributed by atoms with Gasteiger partial charge in [0.05, 0.1) is 5.60 Å². The van der Waals surface area contributed by atoms with Crippen LogP contribution in [-0.4, -0.2) is 16.5 Å². The van der Waals surface area contributed by atoms with Gasteiger partial charge in [0.2, 0.25) is 0 Å². The highest BCUT2D eigenvalue weighted by Crippen LogP contribution is 2.03. The standard InChI is InChI=1S/C9H16O2/c1-4-5-8(10)6-7-9(2,3)11/h6-7,11H,4-5H2,1-3H3/b7-6+. The van der Waals surface area contributed by atoms with Crippen LogP contribution in [0.5, 0.6) is 0 Å². The molecule has 2 heteroatoms. The van der Waals surface area contributed by atoms with Gasteiger partial charge in [0.25, 0.3) is 0 Å². The van der Waals surface area contributed by atoms with Gasteiger partial charge in [-0.15, -0.1) is 0 Å². The Kier molecular flexibility index (Phi) is 4.04. The van der Waals surface area contributed by atoms with Gasteiger partial charge >= 0.3 is 0 Å². The molecule has 0 aromatic rings. The molecule has 0 spiro atoms. The van der Waals surface area contributed by atoms with E-state index in [1.54, 1.807) is 13.8 Å². The normalized spacial score (nSPS) is 12.4. The Balaban J connectivity index is 3.83. The zero-order valence-electron chi connectivity index (χ0n) is 7.42. The number of rotatable bonds is 4. The van der Waals surface area contributed by atoms with Gasteiger partial charge in [0, 0.05) is 6.42 Å². The first-order valence-electron chi connectivity index (χ1n) is 3.90. The third kappa shape index (κ3) is 7.26. The average molecular weight is 156 g/mol. The third-order valence-corrected chi connectivity index (χ3v) is 1.17. The Morgan fingerprint density at radius 1 is 1.55 bits per heavy atom. The van der Waals surface area contributed by atoms with E-state index in [1.165, 1.54) is 12.2 Å². The zero-order valence-corrected chi connectivity index (χ0v) is 7.42. The number of hydrogen-bond donors (Lipinski definition) is 1. The lowest BCUT2D eigenvalue weighted by atomic mass is 10.1. The molecule has 0 aliphatic carbocycles. The largest absolute Gasteiger partial charge is 0.386 e. The van der Waals surface area contributed by atoms with Gasteiger partial charge in [-0.25, -0.2) is 0 Å². The van der Waals surface area contributed by atoms with E-state index in [0.29, 0.717) is 6.42 Å². The van der Waals surface area contributed by atoms with Crippen LogP contribution >= 0.6 is 0 Å². The minimum absolute atomic E-state index is 0.0784. The molecular weight excluding hydrogens is 140 g/mol. The van der Waals surface area contributed by atoms with Crippen LogP contribution in [0.25, 0.3) is 0 Å². The zero-order chi connectivity index (χ0) is 8.91. The van der Waals surface area contributed by atoms with Crippen LogP contribution in [0.2, 0.25) is 0 Å². The van der Waals surface area contributed by atoms with Crippen LogP contribution in [0, 0.1) is 0 Å². The molecule has 1 N–H and O–H groups in total. The summed E-state index contributed by atoms with van der Waals surface area (Å²) in [6.45, 7) is 5.24. The first kappa shape index (κ1) is 10.4. The minimum atomic E-state index is -0.872. The summed E-state index contributed by atoms with van der Waals surface area (Å²) in [7, 11) is 0. The molecule has 0 saturated heterocycles. The van der Waals surface area contributed by atoms with Crippen LogP contribution in [0.4, 0.5) is 0 Å². The van der Waals surface area contributed by atoms with Crippen molar-refractivity contribution in [3.05, 3.63) is 12.2 Å². The fourth-order valence-corrected chi connectivity index (χ4v) is 0.627. The minimum Gasteiger partial charge on any atom is -0.386 e. The Hall–Kier alpha value is -0.630. The number of carbonyl (C=O) groups excluding carboxylic acids is 1. The van der Waals surface area contributed by atoms with Crippen molar-refractivity contribution in [1.29, 1.82) is 0 Å². The maximum absolute atomic E-state index is 10.9. The van der Waals surface area contributed by atoms with Gasteiger partial charge < -0.3 is 5.11 Å². The monoisotopic (exact) mass is 156 g/mol. The van der Waals surface area contributed by atoms with Crippen LogP contribution in [0.3, 0.4) is 0 Å². The van der Waals surface area contributed by atoms with E-state index in [9.17, 15) is 9.90 Å². The summed E-state index contributed by atoms with van der Waals surface area (Å²) in [6, 6.07) is 0. The summed E-state index contributed by atoms with van der Waals surface area (Å²) >= 11 is 0. The van der Waals surface area contributed by atoms with Gasteiger partial charge in [-0.1, -0.05) is 13.0 Å². The van der Waals surface area contributed by atoms with Crippen LogP contribution in [-0.2, 0) is 4.79 Å².